The van der Waals surface area contributed by atoms with Crippen molar-refractivity contribution < 1.29 is 8.95 Å². The van der Waals surface area contributed by atoms with Gasteiger partial charge in [-0.05, 0) is 51.3 Å². The molecule has 100 valence electrons. The number of benzene rings is 1. The van der Waals surface area contributed by atoms with Crippen LogP contribution < -0.4 is 5.73 Å². The molecule has 0 radical (unpaired) electrons. The molecule has 2 unspecified atom stereocenters. The molecule has 0 aliphatic carbocycles. The van der Waals surface area contributed by atoms with Gasteiger partial charge in [0.15, 0.2) is 0 Å². The predicted molar refractivity (Wildman–Crippen MR) is 75.1 cm³/mol. The summed E-state index contributed by atoms with van der Waals surface area (Å²) in [6.07, 6.45) is 2.09. The van der Waals surface area contributed by atoms with Crippen LogP contribution in [0.25, 0.3) is 0 Å². The third kappa shape index (κ3) is 3.12. The van der Waals surface area contributed by atoms with E-state index in [2.05, 4.69) is 13.8 Å². The van der Waals surface area contributed by atoms with E-state index in [1.165, 1.54) is 0 Å². The van der Waals surface area contributed by atoms with Crippen molar-refractivity contribution in [3.63, 3.8) is 0 Å². The van der Waals surface area contributed by atoms with Gasteiger partial charge in [0, 0.05) is 5.69 Å². The summed E-state index contributed by atoms with van der Waals surface area (Å²) in [4.78, 5) is 0.730. The van der Waals surface area contributed by atoms with Crippen molar-refractivity contribution in [1.29, 1.82) is 0 Å². The topological polar surface area (TPSA) is 52.3 Å². The van der Waals surface area contributed by atoms with Crippen molar-refractivity contribution in [1.82, 2.24) is 0 Å². The van der Waals surface area contributed by atoms with Gasteiger partial charge in [-0.2, -0.15) is 0 Å². The lowest BCUT2D eigenvalue weighted by molar-refractivity contribution is -0.00498. The first-order valence-electron chi connectivity index (χ1n) is 6.30. The Morgan fingerprint density at radius 2 is 2.22 bits per heavy atom. The molecular weight excluding hydrogens is 246 g/mol. The summed E-state index contributed by atoms with van der Waals surface area (Å²) < 4.78 is 18.2. The van der Waals surface area contributed by atoms with Crippen molar-refractivity contribution >= 4 is 16.5 Å². The van der Waals surface area contributed by atoms with Crippen LogP contribution in [-0.2, 0) is 15.5 Å². The Morgan fingerprint density at radius 3 is 2.78 bits per heavy atom. The van der Waals surface area contributed by atoms with Gasteiger partial charge in [0.1, 0.15) is 0 Å². The molecule has 3 nitrogen and oxygen atoms in total. The van der Waals surface area contributed by atoms with E-state index in [9.17, 15) is 4.21 Å². The van der Waals surface area contributed by atoms with Gasteiger partial charge < -0.3 is 10.5 Å². The van der Waals surface area contributed by atoms with Crippen molar-refractivity contribution in [2.45, 2.75) is 50.2 Å². The third-order valence-electron chi connectivity index (χ3n) is 3.30. The Bertz CT molecular complexity index is 471. The van der Waals surface area contributed by atoms with E-state index in [1.54, 1.807) is 0 Å². The fourth-order valence-electron chi connectivity index (χ4n) is 2.33. The molecule has 1 aliphatic rings. The van der Waals surface area contributed by atoms with Crippen molar-refractivity contribution in [3.8, 4) is 0 Å². The number of hydrogen-bond donors (Lipinski definition) is 1. The highest BCUT2D eigenvalue weighted by atomic mass is 32.2. The molecule has 2 N–H and O–H groups in total. The smallest absolute Gasteiger partial charge is 0.0702 e. The van der Waals surface area contributed by atoms with Crippen LogP contribution in [0.4, 0.5) is 5.69 Å². The molecule has 0 aromatic heterocycles. The highest BCUT2D eigenvalue weighted by Crippen LogP contribution is 2.31. The van der Waals surface area contributed by atoms with Gasteiger partial charge in [-0.1, -0.05) is 6.07 Å². The molecule has 0 spiro atoms. The number of nitrogen functional groups attached to an aromatic ring is 1. The minimum Gasteiger partial charge on any atom is -0.398 e. The van der Waals surface area contributed by atoms with E-state index >= 15 is 0 Å². The van der Waals surface area contributed by atoms with Crippen LogP contribution in [0.2, 0.25) is 0 Å². The molecule has 0 bridgehead atoms. The third-order valence-corrected chi connectivity index (χ3v) is 4.84. The zero-order chi connectivity index (χ0) is 13.3. The summed E-state index contributed by atoms with van der Waals surface area (Å²) in [6, 6.07) is 5.68. The second kappa shape index (κ2) is 5.02. The Hall–Kier alpha value is -0.870. The summed E-state index contributed by atoms with van der Waals surface area (Å²) in [5, 5.41) is 0. The second-order valence-corrected chi connectivity index (χ2v) is 7.06. The molecule has 1 saturated heterocycles. The Kier molecular flexibility index (Phi) is 3.78. The van der Waals surface area contributed by atoms with Gasteiger partial charge >= 0.3 is 0 Å². The van der Waals surface area contributed by atoms with E-state index in [1.807, 2.05) is 25.1 Å². The maximum atomic E-state index is 12.3. The SMILES string of the molecule is Cc1ccc(S(=O)CC2CCC(C)(C)O2)c(N)c1. The van der Waals surface area contributed by atoms with Crippen LogP contribution in [0.3, 0.4) is 0 Å². The lowest BCUT2D eigenvalue weighted by Gasteiger charge is -2.19. The summed E-state index contributed by atoms with van der Waals surface area (Å²) in [5.74, 6) is 0.538. The Morgan fingerprint density at radius 1 is 1.50 bits per heavy atom. The highest BCUT2D eigenvalue weighted by Gasteiger charge is 2.32. The summed E-state index contributed by atoms with van der Waals surface area (Å²) in [6.45, 7) is 6.14. The Labute approximate surface area is 111 Å². The summed E-state index contributed by atoms with van der Waals surface area (Å²) in [5.41, 5.74) is 7.55. The minimum atomic E-state index is -1.08. The minimum absolute atomic E-state index is 0.0757. The lowest BCUT2D eigenvalue weighted by atomic mass is 10.1. The van der Waals surface area contributed by atoms with E-state index in [4.69, 9.17) is 10.5 Å². The number of rotatable bonds is 3. The molecule has 1 aromatic carbocycles. The molecule has 2 atom stereocenters. The van der Waals surface area contributed by atoms with Crippen LogP contribution in [0.5, 0.6) is 0 Å². The van der Waals surface area contributed by atoms with Gasteiger partial charge in [0.2, 0.25) is 0 Å². The van der Waals surface area contributed by atoms with Crippen LogP contribution in [0, 0.1) is 6.92 Å². The zero-order valence-electron chi connectivity index (χ0n) is 11.2. The number of ether oxygens (including phenoxy) is 1. The zero-order valence-corrected chi connectivity index (χ0v) is 12.0. The molecule has 18 heavy (non-hydrogen) atoms. The van der Waals surface area contributed by atoms with Gasteiger partial charge in [0.25, 0.3) is 0 Å². The van der Waals surface area contributed by atoms with Crippen molar-refractivity contribution in [2.24, 2.45) is 0 Å². The second-order valence-electron chi connectivity index (χ2n) is 5.59. The molecular formula is C14H21NO2S. The van der Waals surface area contributed by atoms with Crippen LogP contribution >= 0.6 is 0 Å². The maximum absolute atomic E-state index is 12.3. The molecule has 1 heterocycles. The van der Waals surface area contributed by atoms with E-state index in [0.717, 1.165) is 23.3 Å². The monoisotopic (exact) mass is 267 g/mol. The van der Waals surface area contributed by atoms with Crippen LogP contribution in [0.15, 0.2) is 23.1 Å². The number of aryl methyl sites for hydroxylation is 1. The first-order chi connectivity index (χ1) is 8.37. The molecule has 1 aliphatic heterocycles. The quantitative estimate of drug-likeness (QED) is 0.857. The van der Waals surface area contributed by atoms with Gasteiger partial charge in [0.05, 0.1) is 33.2 Å². The molecule has 1 aromatic rings. The normalized spacial score (nSPS) is 24.1. The fourth-order valence-corrected chi connectivity index (χ4v) is 3.62. The average molecular weight is 267 g/mol. The highest BCUT2D eigenvalue weighted by molar-refractivity contribution is 7.85. The number of anilines is 1. The first-order valence-corrected chi connectivity index (χ1v) is 7.61. The van der Waals surface area contributed by atoms with E-state index < -0.39 is 10.8 Å². The molecule has 4 heteroatoms. The fraction of sp³-hybridized carbons (Fsp3) is 0.571. The van der Waals surface area contributed by atoms with Gasteiger partial charge in [-0.3, -0.25) is 4.21 Å². The summed E-state index contributed by atoms with van der Waals surface area (Å²) in [7, 11) is -1.08. The standard InChI is InChI=1S/C14H21NO2S/c1-10-4-5-13(12(15)8-10)18(16)9-11-6-7-14(2,3)17-11/h4-5,8,11H,6-7,9,15H2,1-3H3. The molecule has 0 amide bonds. The summed E-state index contributed by atoms with van der Waals surface area (Å²) >= 11 is 0. The lowest BCUT2D eigenvalue weighted by Crippen LogP contribution is -2.23. The maximum Gasteiger partial charge on any atom is 0.0702 e. The largest absolute Gasteiger partial charge is 0.398 e. The number of nitrogens with two attached hydrogens (primary N) is 1. The van der Waals surface area contributed by atoms with E-state index in [0.29, 0.717) is 11.4 Å². The van der Waals surface area contributed by atoms with Gasteiger partial charge in [-0.25, -0.2) is 0 Å². The molecule has 2 rings (SSSR count). The average Bonchev–Trinajstić information content (AvgIpc) is 2.57. The molecule has 0 saturated carbocycles. The predicted octanol–water partition coefficient (Wildman–Crippen LogP) is 2.64. The van der Waals surface area contributed by atoms with Crippen LogP contribution in [-0.4, -0.2) is 21.7 Å². The number of hydrogen-bond acceptors (Lipinski definition) is 3. The first kappa shape index (κ1) is 13.6. The molecule has 1 fully saturated rings. The van der Waals surface area contributed by atoms with Crippen LogP contribution in [0.1, 0.15) is 32.3 Å². The van der Waals surface area contributed by atoms with Gasteiger partial charge in [-0.15, -0.1) is 0 Å². The van der Waals surface area contributed by atoms with Crippen molar-refractivity contribution in [3.05, 3.63) is 23.8 Å². The Balaban J connectivity index is 2.04. The van der Waals surface area contributed by atoms with E-state index in [-0.39, 0.29) is 11.7 Å². The van der Waals surface area contributed by atoms with Crippen molar-refractivity contribution in [2.75, 3.05) is 11.5 Å².